The van der Waals surface area contributed by atoms with Crippen molar-refractivity contribution in [3.8, 4) is 5.75 Å². The number of carbonyl (C=O) groups excluding carboxylic acids is 2. The van der Waals surface area contributed by atoms with Gasteiger partial charge in [0.05, 0.1) is 23.5 Å². The fraction of sp³-hybridized carbons (Fsp3) is 0.429. The highest BCUT2D eigenvalue weighted by atomic mass is 16.6. The van der Waals surface area contributed by atoms with Crippen LogP contribution in [0.4, 0.5) is 5.69 Å². The molecule has 114 valence electrons. The maximum Gasteiger partial charge on any atom is 0.270 e. The van der Waals surface area contributed by atoms with Crippen LogP contribution in [0.2, 0.25) is 0 Å². The molecule has 0 radical (unpaired) electrons. The van der Waals surface area contributed by atoms with Crippen molar-refractivity contribution >= 4 is 17.4 Å². The summed E-state index contributed by atoms with van der Waals surface area (Å²) in [5, 5.41) is 13.4. The van der Waals surface area contributed by atoms with Gasteiger partial charge in [0.25, 0.3) is 5.69 Å². The number of rotatable bonds is 7. The largest absolute Gasteiger partial charge is 0.492 e. The minimum Gasteiger partial charge on any atom is -0.492 e. The van der Waals surface area contributed by atoms with Crippen LogP contribution in [0, 0.1) is 10.1 Å². The number of carbonyl (C=O) groups is 2. The molecule has 1 aromatic rings. The smallest absolute Gasteiger partial charge is 0.270 e. The molecule has 0 aliphatic rings. The first-order valence-electron chi connectivity index (χ1n) is 6.52. The molecule has 7 nitrogen and oxygen atoms in total. The van der Waals surface area contributed by atoms with Crippen molar-refractivity contribution in [1.82, 2.24) is 5.32 Å². The summed E-state index contributed by atoms with van der Waals surface area (Å²) in [6.45, 7) is 5.10. The van der Waals surface area contributed by atoms with Crippen LogP contribution in [-0.4, -0.2) is 29.3 Å². The molecule has 1 rings (SSSR count). The summed E-state index contributed by atoms with van der Waals surface area (Å²) in [4.78, 5) is 33.1. The number of Topliss-reactive ketones (excluding diaryl/α,β-unsaturated/α-hetero) is 1. The molecule has 0 aliphatic heterocycles. The van der Waals surface area contributed by atoms with Gasteiger partial charge in [0.2, 0.25) is 5.91 Å². The molecule has 0 fully saturated rings. The molecule has 0 saturated heterocycles. The fourth-order valence-corrected chi connectivity index (χ4v) is 1.68. The molecule has 0 unspecified atom stereocenters. The number of ether oxygens (including phenoxy) is 1. The second kappa shape index (κ2) is 7.37. The van der Waals surface area contributed by atoms with Gasteiger partial charge in [-0.15, -0.1) is 0 Å². The zero-order valence-electron chi connectivity index (χ0n) is 12.2. The highest BCUT2D eigenvalue weighted by Crippen LogP contribution is 2.24. The van der Waals surface area contributed by atoms with Gasteiger partial charge in [-0.25, -0.2) is 0 Å². The standard InChI is InChI=1S/C14H18N2O5/c1-9(2)15-14(18)6-7-21-13-5-4-11(16(19)20)8-12(13)10(3)17/h4-5,8-9H,6-7H2,1-3H3,(H,15,18). The number of hydrogen-bond donors (Lipinski definition) is 1. The SMILES string of the molecule is CC(=O)c1cc([N+](=O)[O-])ccc1OCCC(=O)NC(C)C. The Bertz CT molecular complexity index is 554. The second-order valence-electron chi connectivity index (χ2n) is 4.81. The van der Waals surface area contributed by atoms with Crippen LogP contribution in [0.1, 0.15) is 37.6 Å². The van der Waals surface area contributed by atoms with Crippen molar-refractivity contribution in [3.05, 3.63) is 33.9 Å². The molecule has 7 heteroatoms. The van der Waals surface area contributed by atoms with Crippen LogP contribution in [0.25, 0.3) is 0 Å². The minimum atomic E-state index is -0.577. The third-order valence-electron chi connectivity index (χ3n) is 2.59. The van der Waals surface area contributed by atoms with Crippen molar-refractivity contribution in [2.75, 3.05) is 6.61 Å². The molecule has 0 atom stereocenters. The van der Waals surface area contributed by atoms with Gasteiger partial charge in [-0.2, -0.15) is 0 Å². The van der Waals surface area contributed by atoms with Crippen molar-refractivity contribution in [2.24, 2.45) is 0 Å². The van der Waals surface area contributed by atoms with E-state index in [1.54, 1.807) is 0 Å². The number of ketones is 1. The number of non-ortho nitro benzene ring substituents is 1. The lowest BCUT2D eigenvalue weighted by atomic mass is 10.1. The zero-order chi connectivity index (χ0) is 16.0. The van der Waals surface area contributed by atoms with Gasteiger partial charge in [0, 0.05) is 18.2 Å². The number of nitro groups is 1. The topological polar surface area (TPSA) is 98.5 Å². The van der Waals surface area contributed by atoms with Gasteiger partial charge in [-0.05, 0) is 26.8 Å². The molecular formula is C14H18N2O5. The van der Waals surface area contributed by atoms with Crippen molar-refractivity contribution in [1.29, 1.82) is 0 Å². The predicted molar refractivity (Wildman–Crippen MR) is 76.5 cm³/mol. The first kappa shape index (κ1) is 16.6. The summed E-state index contributed by atoms with van der Waals surface area (Å²) in [5.41, 5.74) is -0.0430. The third kappa shape index (κ3) is 5.21. The summed E-state index contributed by atoms with van der Waals surface area (Å²) in [5.74, 6) is -0.248. The predicted octanol–water partition coefficient (Wildman–Crippen LogP) is 2.09. The Morgan fingerprint density at radius 1 is 1.38 bits per heavy atom. The molecule has 0 heterocycles. The Balaban J connectivity index is 2.73. The number of nitrogens with one attached hydrogen (secondary N) is 1. The van der Waals surface area contributed by atoms with E-state index in [4.69, 9.17) is 4.74 Å². The molecule has 0 aliphatic carbocycles. The van der Waals surface area contributed by atoms with Crippen LogP contribution in [0.3, 0.4) is 0 Å². The van der Waals surface area contributed by atoms with Gasteiger partial charge in [-0.1, -0.05) is 0 Å². The number of nitro benzene ring substituents is 1. The van der Waals surface area contributed by atoms with Gasteiger partial charge >= 0.3 is 0 Å². The quantitative estimate of drug-likeness (QED) is 0.471. The van der Waals surface area contributed by atoms with E-state index in [1.807, 2.05) is 13.8 Å². The summed E-state index contributed by atoms with van der Waals surface area (Å²) >= 11 is 0. The van der Waals surface area contributed by atoms with E-state index in [2.05, 4.69) is 5.32 Å². The van der Waals surface area contributed by atoms with Crippen LogP contribution in [0.5, 0.6) is 5.75 Å². The van der Waals surface area contributed by atoms with Crippen molar-refractivity contribution < 1.29 is 19.2 Å². The summed E-state index contributed by atoms with van der Waals surface area (Å²) in [6.07, 6.45) is 0.145. The number of amides is 1. The van der Waals surface area contributed by atoms with E-state index < -0.39 is 4.92 Å². The Morgan fingerprint density at radius 2 is 2.05 bits per heavy atom. The third-order valence-corrected chi connectivity index (χ3v) is 2.59. The van der Waals surface area contributed by atoms with Crippen LogP contribution >= 0.6 is 0 Å². The molecule has 1 N–H and O–H groups in total. The lowest BCUT2D eigenvalue weighted by Gasteiger charge is -2.11. The molecule has 1 amide bonds. The zero-order valence-corrected chi connectivity index (χ0v) is 12.2. The van der Waals surface area contributed by atoms with Crippen molar-refractivity contribution in [3.63, 3.8) is 0 Å². The first-order valence-corrected chi connectivity index (χ1v) is 6.52. The summed E-state index contributed by atoms with van der Waals surface area (Å²) in [6, 6.07) is 3.85. The van der Waals surface area contributed by atoms with Gasteiger partial charge in [0.15, 0.2) is 5.78 Å². The maximum absolute atomic E-state index is 11.5. The second-order valence-corrected chi connectivity index (χ2v) is 4.81. The van der Waals surface area contributed by atoms with Gasteiger partial charge in [0.1, 0.15) is 5.75 Å². The van der Waals surface area contributed by atoms with Gasteiger partial charge in [-0.3, -0.25) is 19.7 Å². The van der Waals surface area contributed by atoms with E-state index in [0.717, 1.165) is 0 Å². The average Bonchev–Trinajstić information content (AvgIpc) is 2.37. The van der Waals surface area contributed by atoms with Crippen LogP contribution < -0.4 is 10.1 Å². The van der Waals surface area contributed by atoms with E-state index >= 15 is 0 Å². The summed E-state index contributed by atoms with van der Waals surface area (Å²) in [7, 11) is 0. The highest BCUT2D eigenvalue weighted by Gasteiger charge is 2.15. The van der Waals surface area contributed by atoms with Crippen molar-refractivity contribution in [2.45, 2.75) is 33.2 Å². The molecule has 21 heavy (non-hydrogen) atoms. The molecule has 1 aromatic carbocycles. The van der Waals surface area contributed by atoms with Gasteiger partial charge < -0.3 is 10.1 Å². The Hall–Kier alpha value is -2.44. The Morgan fingerprint density at radius 3 is 2.57 bits per heavy atom. The highest BCUT2D eigenvalue weighted by molar-refractivity contribution is 5.97. The van der Waals surface area contributed by atoms with E-state index in [1.165, 1.54) is 25.1 Å². The number of benzene rings is 1. The Kier molecular flexibility index (Phi) is 5.83. The normalized spacial score (nSPS) is 10.3. The van der Waals surface area contributed by atoms with Crippen LogP contribution in [-0.2, 0) is 4.79 Å². The molecule has 0 saturated carbocycles. The lowest BCUT2D eigenvalue weighted by Crippen LogP contribution is -2.31. The number of hydrogen-bond acceptors (Lipinski definition) is 5. The summed E-state index contributed by atoms with van der Waals surface area (Å²) < 4.78 is 5.38. The minimum absolute atomic E-state index is 0.0460. The molecular weight excluding hydrogens is 276 g/mol. The van der Waals surface area contributed by atoms with E-state index in [0.29, 0.717) is 0 Å². The molecule has 0 aromatic heterocycles. The molecule has 0 bridgehead atoms. The Labute approximate surface area is 122 Å². The van der Waals surface area contributed by atoms with E-state index in [9.17, 15) is 19.7 Å². The molecule has 0 spiro atoms. The van der Waals surface area contributed by atoms with E-state index in [-0.39, 0.29) is 47.8 Å². The lowest BCUT2D eigenvalue weighted by molar-refractivity contribution is -0.384. The number of nitrogens with zero attached hydrogens (tertiary/aromatic N) is 1. The average molecular weight is 294 g/mol. The monoisotopic (exact) mass is 294 g/mol. The van der Waals surface area contributed by atoms with Crippen LogP contribution in [0.15, 0.2) is 18.2 Å². The fourth-order valence-electron chi connectivity index (χ4n) is 1.68. The maximum atomic E-state index is 11.5. The first-order chi connectivity index (χ1) is 9.81.